The Hall–Kier alpha value is -1.95. The summed E-state index contributed by atoms with van der Waals surface area (Å²) in [6.45, 7) is 10.1. The fourth-order valence-corrected chi connectivity index (χ4v) is 1.90. The molecule has 1 N–H and O–H groups in total. The fourth-order valence-electron chi connectivity index (χ4n) is 1.90. The molecular formula is C15H23N5O. The van der Waals surface area contributed by atoms with Gasteiger partial charge in [0.15, 0.2) is 11.6 Å². The average molecular weight is 289 g/mol. The van der Waals surface area contributed by atoms with Gasteiger partial charge in [0.25, 0.3) is 0 Å². The van der Waals surface area contributed by atoms with Gasteiger partial charge >= 0.3 is 0 Å². The van der Waals surface area contributed by atoms with Gasteiger partial charge in [0.05, 0.1) is 5.69 Å². The highest BCUT2D eigenvalue weighted by Crippen LogP contribution is 2.15. The summed E-state index contributed by atoms with van der Waals surface area (Å²) in [4.78, 5) is 8.96. The van der Waals surface area contributed by atoms with Crippen molar-refractivity contribution in [2.75, 3.05) is 18.5 Å². The highest BCUT2D eigenvalue weighted by atomic mass is 16.5. The molecule has 0 aromatic carbocycles. The molecule has 0 aliphatic heterocycles. The van der Waals surface area contributed by atoms with Crippen molar-refractivity contribution in [2.45, 2.75) is 40.2 Å². The van der Waals surface area contributed by atoms with Gasteiger partial charge in [-0.05, 0) is 25.8 Å². The smallest absolute Gasteiger partial charge is 0.159 e. The van der Waals surface area contributed by atoms with Gasteiger partial charge < -0.3 is 10.1 Å². The van der Waals surface area contributed by atoms with Gasteiger partial charge in [-0.3, -0.25) is 0 Å². The van der Waals surface area contributed by atoms with E-state index in [-0.39, 0.29) is 0 Å². The third-order valence-electron chi connectivity index (χ3n) is 2.99. The summed E-state index contributed by atoms with van der Waals surface area (Å²) < 4.78 is 7.19. The van der Waals surface area contributed by atoms with E-state index in [1.807, 2.05) is 32.2 Å². The topological polar surface area (TPSA) is 64.9 Å². The van der Waals surface area contributed by atoms with Crippen LogP contribution >= 0.6 is 0 Å². The molecule has 0 saturated heterocycles. The first kappa shape index (κ1) is 15.4. The minimum atomic E-state index is 0.393. The minimum Gasteiger partial charge on any atom is -0.374 e. The second kappa shape index (κ2) is 7.17. The summed E-state index contributed by atoms with van der Waals surface area (Å²) in [6.07, 6.45) is 1.93. The van der Waals surface area contributed by atoms with Crippen LogP contribution in [0, 0.1) is 0 Å². The summed E-state index contributed by atoms with van der Waals surface area (Å²) in [5.41, 5.74) is 1.05. The number of ether oxygens (including phenoxy) is 1. The molecule has 2 aromatic heterocycles. The van der Waals surface area contributed by atoms with Gasteiger partial charge in [-0.1, -0.05) is 13.8 Å². The predicted molar refractivity (Wildman–Crippen MR) is 82.7 cm³/mol. The first-order valence-corrected chi connectivity index (χ1v) is 7.39. The number of aromatic nitrogens is 4. The molecule has 6 nitrogen and oxygen atoms in total. The van der Waals surface area contributed by atoms with Gasteiger partial charge in [-0.25, -0.2) is 14.6 Å². The molecule has 0 radical (unpaired) electrons. The van der Waals surface area contributed by atoms with Crippen molar-refractivity contribution in [3.8, 4) is 5.82 Å². The number of anilines is 1. The Labute approximate surface area is 125 Å². The van der Waals surface area contributed by atoms with Gasteiger partial charge in [0.1, 0.15) is 12.4 Å². The van der Waals surface area contributed by atoms with Crippen molar-refractivity contribution in [3.63, 3.8) is 0 Å². The van der Waals surface area contributed by atoms with E-state index in [0.29, 0.717) is 25.0 Å². The molecule has 114 valence electrons. The molecule has 0 fully saturated rings. The molecule has 0 atom stereocenters. The SMILES string of the molecule is CCNc1cc(-n2ccc(C(C)C)n2)nc(COCC)n1. The molecular weight excluding hydrogens is 266 g/mol. The third-order valence-corrected chi connectivity index (χ3v) is 2.99. The molecule has 0 aliphatic rings. The van der Waals surface area contributed by atoms with Crippen LogP contribution in [0.25, 0.3) is 5.82 Å². The van der Waals surface area contributed by atoms with Crippen molar-refractivity contribution < 1.29 is 4.74 Å². The van der Waals surface area contributed by atoms with E-state index in [1.165, 1.54) is 0 Å². The van der Waals surface area contributed by atoms with Crippen molar-refractivity contribution >= 4 is 5.82 Å². The first-order valence-electron chi connectivity index (χ1n) is 7.39. The maximum atomic E-state index is 5.40. The number of hydrogen-bond acceptors (Lipinski definition) is 5. The Morgan fingerprint density at radius 2 is 2.10 bits per heavy atom. The number of nitrogens with one attached hydrogen (secondary N) is 1. The largest absolute Gasteiger partial charge is 0.374 e. The van der Waals surface area contributed by atoms with E-state index >= 15 is 0 Å². The molecule has 0 spiro atoms. The third kappa shape index (κ3) is 4.01. The molecule has 2 rings (SSSR count). The van der Waals surface area contributed by atoms with Gasteiger partial charge in [-0.2, -0.15) is 5.10 Å². The highest BCUT2D eigenvalue weighted by molar-refractivity contribution is 5.41. The summed E-state index contributed by atoms with van der Waals surface area (Å²) >= 11 is 0. The highest BCUT2D eigenvalue weighted by Gasteiger charge is 2.09. The molecule has 21 heavy (non-hydrogen) atoms. The first-order chi connectivity index (χ1) is 10.1. The molecule has 0 saturated carbocycles. The predicted octanol–water partition coefficient (Wildman–Crippen LogP) is 2.75. The average Bonchev–Trinajstić information content (AvgIpc) is 2.95. The summed E-state index contributed by atoms with van der Waals surface area (Å²) in [6, 6.07) is 3.91. The van der Waals surface area contributed by atoms with Crippen LogP contribution in [0.15, 0.2) is 18.3 Å². The monoisotopic (exact) mass is 289 g/mol. The van der Waals surface area contributed by atoms with Crippen molar-refractivity contribution in [1.82, 2.24) is 19.7 Å². The van der Waals surface area contributed by atoms with Crippen LogP contribution < -0.4 is 5.32 Å². The molecule has 0 amide bonds. The van der Waals surface area contributed by atoms with Crippen LogP contribution in [0.1, 0.15) is 45.1 Å². The van der Waals surface area contributed by atoms with E-state index in [0.717, 1.165) is 23.9 Å². The van der Waals surface area contributed by atoms with Crippen LogP contribution in [-0.4, -0.2) is 32.9 Å². The Morgan fingerprint density at radius 3 is 2.71 bits per heavy atom. The summed E-state index contributed by atoms with van der Waals surface area (Å²) in [5, 5.41) is 7.78. The van der Waals surface area contributed by atoms with Crippen LogP contribution in [0.2, 0.25) is 0 Å². The van der Waals surface area contributed by atoms with Gasteiger partial charge in [0.2, 0.25) is 0 Å². The standard InChI is InChI=1S/C15H23N5O/c1-5-16-13-9-15(18-14(17-13)10-21-6-2)20-8-7-12(19-20)11(3)4/h7-9,11H,5-6,10H2,1-4H3,(H,16,17,18). The second-order valence-corrected chi connectivity index (χ2v) is 5.03. The molecule has 0 bridgehead atoms. The zero-order valence-corrected chi connectivity index (χ0v) is 13.1. The van der Waals surface area contributed by atoms with E-state index in [9.17, 15) is 0 Å². The Bertz CT molecular complexity index is 579. The fraction of sp³-hybridized carbons (Fsp3) is 0.533. The number of hydrogen-bond donors (Lipinski definition) is 1. The van der Waals surface area contributed by atoms with Crippen LogP contribution in [0.3, 0.4) is 0 Å². The lowest BCUT2D eigenvalue weighted by molar-refractivity contribution is 0.128. The number of nitrogens with zero attached hydrogens (tertiary/aromatic N) is 4. The number of rotatable bonds is 7. The lowest BCUT2D eigenvalue weighted by Crippen LogP contribution is -2.09. The maximum absolute atomic E-state index is 5.40. The Morgan fingerprint density at radius 1 is 1.29 bits per heavy atom. The molecule has 0 aliphatic carbocycles. The quantitative estimate of drug-likeness (QED) is 0.849. The zero-order valence-electron chi connectivity index (χ0n) is 13.1. The molecule has 2 aromatic rings. The van der Waals surface area contributed by atoms with Crippen LogP contribution in [-0.2, 0) is 11.3 Å². The molecule has 6 heteroatoms. The van der Waals surface area contributed by atoms with E-state index in [4.69, 9.17) is 4.74 Å². The lowest BCUT2D eigenvalue weighted by Gasteiger charge is -2.09. The zero-order chi connectivity index (χ0) is 15.2. The Balaban J connectivity index is 2.33. The van der Waals surface area contributed by atoms with Gasteiger partial charge in [0, 0.05) is 25.4 Å². The van der Waals surface area contributed by atoms with Crippen molar-refractivity contribution in [2.24, 2.45) is 0 Å². The van der Waals surface area contributed by atoms with E-state index in [2.05, 4.69) is 34.2 Å². The van der Waals surface area contributed by atoms with E-state index in [1.54, 1.807) is 4.68 Å². The van der Waals surface area contributed by atoms with Crippen LogP contribution in [0.5, 0.6) is 0 Å². The molecule has 2 heterocycles. The molecule has 0 unspecified atom stereocenters. The Kier molecular flexibility index (Phi) is 5.27. The van der Waals surface area contributed by atoms with Crippen LogP contribution in [0.4, 0.5) is 5.82 Å². The second-order valence-electron chi connectivity index (χ2n) is 5.03. The maximum Gasteiger partial charge on any atom is 0.159 e. The van der Waals surface area contributed by atoms with Crippen molar-refractivity contribution in [1.29, 1.82) is 0 Å². The normalized spacial score (nSPS) is 11.1. The summed E-state index contributed by atoms with van der Waals surface area (Å²) in [5.74, 6) is 2.59. The van der Waals surface area contributed by atoms with Gasteiger partial charge in [-0.15, -0.1) is 0 Å². The summed E-state index contributed by atoms with van der Waals surface area (Å²) in [7, 11) is 0. The minimum absolute atomic E-state index is 0.393. The van der Waals surface area contributed by atoms with E-state index < -0.39 is 0 Å². The lowest BCUT2D eigenvalue weighted by atomic mass is 10.1. The van der Waals surface area contributed by atoms with Crippen molar-refractivity contribution in [3.05, 3.63) is 29.8 Å².